The number of aryl methyl sites for hydroxylation is 2. The van der Waals surface area contributed by atoms with Crippen molar-refractivity contribution in [3.8, 4) is 0 Å². The Hall–Kier alpha value is -2.96. The Balaban J connectivity index is 1.71. The summed E-state index contributed by atoms with van der Waals surface area (Å²) in [6, 6.07) is 5.70. The average molecular weight is 311 g/mol. The number of rotatable bonds is 4. The lowest BCUT2D eigenvalue weighted by molar-refractivity contribution is -0.120. The number of H-pyrrole nitrogens is 1. The van der Waals surface area contributed by atoms with Gasteiger partial charge in [-0.15, -0.1) is 0 Å². The first-order valence-corrected chi connectivity index (χ1v) is 7.29. The highest BCUT2D eigenvalue weighted by atomic mass is 16.2. The van der Waals surface area contributed by atoms with Crippen LogP contribution in [0.5, 0.6) is 0 Å². The van der Waals surface area contributed by atoms with Gasteiger partial charge >= 0.3 is 0 Å². The van der Waals surface area contributed by atoms with Gasteiger partial charge in [-0.2, -0.15) is 5.10 Å². The smallest absolute Gasteiger partial charge is 0.254 e. The van der Waals surface area contributed by atoms with Gasteiger partial charge in [-0.3, -0.25) is 9.59 Å². The van der Waals surface area contributed by atoms with Crippen molar-refractivity contribution in [1.82, 2.24) is 24.9 Å². The van der Waals surface area contributed by atoms with E-state index in [1.807, 2.05) is 24.4 Å². The minimum Gasteiger partial charge on any atom is -0.352 e. The molecule has 0 aliphatic rings. The fourth-order valence-electron chi connectivity index (χ4n) is 2.54. The van der Waals surface area contributed by atoms with E-state index in [9.17, 15) is 9.59 Å². The second kappa shape index (κ2) is 6.04. The van der Waals surface area contributed by atoms with Crippen LogP contribution in [-0.4, -0.2) is 25.5 Å². The van der Waals surface area contributed by atoms with Crippen molar-refractivity contribution in [2.75, 3.05) is 0 Å². The van der Waals surface area contributed by atoms with Gasteiger partial charge < -0.3 is 10.3 Å². The Bertz CT molecular complexity index is 926. The number of aromatic nitrogens is 4. The van der Waals surface area contributed by atoms with Crippen molar-refractivity contribution in [1.29, 1.82) is 0 Å². The zero-order chi connectivity index (χ0) is 16.4. The van der Waals surface area contributed by atoms with Gasteiger partial charge in [0.15, 0.2) is 0 Å². The molecule has 0 fully saturated rings. The Morgan fingerprint density at radius 2 is 2.17 bits per heavy atom. The van der Waals surface area contributed by atoms with Crippen LogP contribution in [0.15, 0.2) is 35.4 Å². The Labute approximate surface area is 132 Å². The average Bonchev–Trinajstić information content (AvgIpc) is 2.97. The molecule has 0 atom stereocenters. The lowest BCUT2D eigenvalue weighted by Gasteiger charge is -2.08. The van der Waals surface area contributed by atoms with Gasteiger partial charge in [0.25, 0.3) is 5.56 Å². The van der Waals surface area contributed by atoms with Crippen molar-refractivity contribution in [3.63, 3.8) is 0 Å². The van der Waals surface area contributed by atoms with Gasteiger partial charge in [0, 0.05) is 30.2 Å². The molecule has 0 saturated carbocycles. The van der Waals surface area contributed by atoms with Crippen molar-refractivity contribution in [2.45, 2.75) is 26.8 Å². The molecule has 23 heavy (non-hydrogen) atoms. The Morgan fingerprint density at radius 3 is 2.96 bits per heavy atom. The summed E-state index contributed by atoms with van der Waals surface area (Å²) in [5.74, 6) is 0.329. The first kappa shape index (κ1) is 15.0. The second-order valence-electron chi connectivity index (χ2n) is 5.36. The normalized spacial score (nSPS) is 10.9. The molecule has 3 aromatic heterocycles. The van der Waals surface area contributed by atoms with Crippen LogP contribution in [0.4, 0.5) is 0 Å². The maximum Gasteiger partial charge on any atom is 0.254 e. The summed E-state index contributed by atoms with van der Waals surface area (Å²) >= 11 is 0. The minimum absolute atomic E-state index is 0.0107. The summed E-state index contributed by atoms with van der Waals surface area (Å²) in [6.07, 6.45) is 3.57. The van der Waals surface area contributed by atoms with Crippen molar-refractivity contribution < 1.29 is 4.79 Å². The molecule has 0 saturated heterocycles. The van der Waals surface area contributed by atoms with E-state index >= 15 is 0 Å². The fourth-order valence-corrected chi connectivity index (χ4v) is 2.54. The van der Waals surface area contributed by atoms with Gasteiger partial charge in [0.1, 0.15) is 5.82 Å². The van der Waals surface area contributed by atoms with Crippen LogP contribution in [0.25, 0.3) is 5.52 Å². The van der Waals surface area contributed by atoms with Crippen molar-refractivity contribution in [2.24, 2.45) is 0 Å². The highest BCUT2D eigenvalue weighted by molar-refractivity contribution is 5.78. The van der Waals surface area contributed by atoms with Gasteiger partial charge in [0.05, 0.1) is 11.9 Å². The number of pyridine rings is 1. The number of fused-ring (bicyclic) bond motifs is 1. The molecule has 3 rings (SSSR count). The second-order valence-corrected chi connectivity index (χ2v) is 5.36. The lowest BCUT2D eigenvalue weighted by Crippen LogP contribution is -2.29. The van der Waals surface area contributed by atoms with Crippen LogP contribution in [0.2, 0.25) is 0 Å². The van der Waals surface area contributed by atoms with Crippen LogP contribution in [0.1, 0.15) is 22.6 Å². The van der Waals surface area contributed by atoms with E-state index < -0.39 is 0 Å². The molecule has 0 aliphatic carbocycles. The maximum absolute atomic E-state index is 12.1. The van der Waals surface area contributed by atoms with Crippen LogP contribution in [0.3, 0.4) is 0 Å². The van der Waals surface area contributed by atoms with Crippen molar-refractivity contribution in [3.05, 3.63) is 63.6 Å². The van der Waals surface area contributed by atoms with Crippen LogP contribution >= 0.6 is 0 Å². The van der Waals surface area contributed by atoms with Crippen molar-refractivity contribution >= 4 is 11.4 Å². The van der Waals surface area contributed by atoms with E-state index in [-0.39, 0.29) is 17.9 Å². The molecule has 7 heteroatoms. The molecule has 3 heterocycles. The molecule has 7 nitrogen and oxygen atoms in total. The number of amides is 1. The van der Waals surface area contributed by atoms with E-state index in [0.717, 1.165) is 11.1 Å². The quantitative estimate of drug-likeness (QED) is 0.748. The summed E-state index contributed by atoms with van der Waals surface area (Å²) in [7, 11) is 0. The fraction of sp³-hybridized carbons (Fsp3) is 0.250. The third kappa shape index (κ3) is 3.13. The highest BCUT2D eigenvalue weighted by Gasteiger charge is 2.12. The number of hydrogen-bond donors (Lipinski definition) is 2. The molecule has 1 amide bonds. The first-order chi connectivity index (χ1) is 11.0. The summed E-state index contributed by atoms with van der Waals surface area (Å²) < 4.78 is 1.75. The topological polar surface area (TPSA) is 92.2 Å². The number of carbonyl (C=O) groups is 1. The van der Waals surface area contributed by atoms with E-state index in [1.165, 1.54) is 0 Å². The summed E-state index contributed by atoms with van der Waals surface area (Å²) in [5, 5.41) is 6.99. The lowest BCUT2D eigenvalue weighted by atomic mass is 10.1. The van der Waals surface area contributed by atoms with Crippen LogP contribution in [-0.2, 0) is 17.8 Å². The van der Waals surface area contributed by atoms with Gasteiger partial charge in [0.2, 0.25) is 5.91 Å². The molecule has 3 aromatic rings. The predicted octanol–water partition coefficient (Wildman–Crippen LogP) is 0.893. The van der Waals surface area contributed by atoms with Gasteiger partial charge in [-0.1, -0.05) is 6.07 Å². The number of nitrogens with zero attached hydrogens (tertiary/aromatic N) is 3. The summed E-state index contributed by atoms with van der Waals surface area (Å²) in [4.78, 5) is 30.9. The Morgan fingerprint density at radius 1 is 1.35 bits per heavy atom. The molecule has 0 bridgehead atoms. The number of aromatic amines is 1. The zero-order valence-corrected chi connectivity index (χ0v) is 13.0. The molecule has 118 valence electrons. The standard InChI is InChI=1S/C16H17N5O2/c1-10-13(16(23)20-11(2)19-10)8-15(22)17-9-12-4-3-7-21-14(12)5-6-18-21/h3-7H,8-9H2,1-2H3,(H,17,22)(H,19,20,23). The molecule has 0 spiro atoms. The SMILES string of the molecule is Cc1nc(C)c(CC(=O)NCc2cccn3nccc23)c(=O)[nH]1. The first-order valence-electron chi connectivity index (χ1n) is 7.29. The number of carbonyl (C=O) groups excluding carboxylic acids is 1. The predicted molar refractivity (Wildman–Crippen MR) is 85.1 cm³/mol. The zero-order valence-electron chi connectivity index (χ0n) is 13.0. The van der Waals surface area contributed by atoms with E-state index in [0.29, 0.717) is 23.6 Å². The molecule has 0 aliphatic heterocycles. The van der Waals surface area contributed by atoms with Gasteiger partial charge in [-0.05, 0) is 31.5 Å². The summed E-state index contributed by atoms with van der Waals surface area (Å²) in [6.45, 7) is 3.83. The molecular formula is C16H17N5O2. The molecule has 0 radical (unpaired) electrons. The Kier molecular flexibility index (Phi) is 3.92. The third-order valence-electron chi connectivity index (χ3n) is 3.68. The monoisotopic (exact) mass is 311 g/mol. The van der Waals surface area contributed by atoms with E-state index in [2.05, 4.69) is 20.4 Å². The van der Waals surface area contributed by atoms with Crippen LogP contribution in [0, 0.1) is 13.8 Å². The van der Waals surface area contributed by atoms with E-state index in [1.54, 1.807) is 24.6 Å². The largest absolute Gasteiger partial charge is 0.352 e. The van der Waals surface area contributed by atoms with E-state index in [4.69, 9.17) is 0 Å². The number of nitrogens with one attached hydrogen (secondary N) is 2. The molecular weight excluding hydrogens is 294 g/mol. The number of hydrogen-bond acceptors (Lipinski definition) is 4. The maximum atomic E-state index is 12.1. The highest BCUT2D eigenvalue weighted by Crippen LogP contribution is 2.09. The van der Waals surface area contributed by atoms with Crippen LogP contribution < -0.4 is 10.9 Å². The molecule has 2 N–H and O–H groups in total. The molecule has 0 unspecified atom stereocenters. The summed E-state index contributed by atoms with van der Waals surface area (Å²) in [5.41, 5.74) is 2.63. The van der Waals surface area contributed by atoms with Gasteiger partial charge in [-0.25, -0.2) is 9.50 Å². The third-order valence-corrected chi connectivity index (χ3v) is 3.68. The molecule has 0 aromatic carbocycles. The minimum atomic E-state index is -0.261.